The molecule has 3 N–H and O–H groups in total. The van der Waals surface area contributed by atoms with E-state index in [4.69, 9.17) is 5.11 Å². The van der Waals surface area contributed by atoms with Crippen LogP contribution in [0.3, 0.4) is 0 Å². The molecule has 0 saturated heterocycles. The van der Waals surface area contributed by atoms with Gasteiger partial charge in [0, 0.05) is 12.6 Å². The average Bonchev–Trinajstić information content (AvgIpc) is 3.06. The Morgan fingerprint density at radius 2 is 2.00 bits per heavy atom. The molecule has 0 radical (unpaired) electrons. The number of hydrogen-bond donors (Lipinski definition) is 3. The average molecular weight is 256 g/mol. The first-order valence-electron chi connectivity index (χ1n) is 6.77. The summed E-state index contributed by atoms with van der Waals surface area (Å²) >= 11 is 0. The van der Waals surface area contributed by atoms with Gasteiger partial charge in [0.2, 0.25) is 0 Å². The molecule has 0 aromatic rings. The maximum atomic E-state index is 11.7. The molecule has 0 aromatic heterocycles. The summed E-state index contributed by atoms with van der Waals surface area (Å²) in [5.41, 5.74) is 0.310. The third kappa shape index (κ3) is 4.94. The molecule has 18 heavy (non-hydrogen) atoms. The van der Waals surface area contributed by atoms with Crippen LogP contribution in [-0.4, -0.2) is 29.7 Å². The molecule has 2 amide bonds. The molecule has 0 heterocycles. The first-order chi connectivity index (χ1) is 8.51. The summed E-state index contributed by atoms with van der Waals surface area (Å²) in [4.78, 5) is 22.4. The van der Waals surface area contributed by atoms with Crippen molar-refractivity contribution in [3.05, 3.63) is 0 Å². The number of hydrogen-bond acceptors (Lipinski definition) is 2. The normalized spacial score (nSPS) is 17.9. The van der Waals surface area contributed by atoms with Gasteiger partial charge in [-0.1, -0.05) is 20.3 Å². The van der Waals surface area contributed by atoms with E-state index in [9.17, 15) is 9.59 Å². The van der Waals surface area contributed by atoms with Crippen molar-refractivity contribution in [3.63, 3.8) is 0 Å². The Bertz CT molecular complexity index is 301. The monoisotopic (exact) mass is 256 g/mol. The SMILES string of the molecule is CCCC(CC(=O)O)NC(=O)NCC1(CC)CC1. The van der Waals surface area contributed by atoms with Gasteiger partial charge in [0.15, 0.2) is 0 Å². The van der Waals surface area contributed by atoms with Crippen LogP contribution in [0.15, 0.2) is 0 Å². The lowest BCUT2D eigenvalue weighted by Gasteiger charge is -2.18. The van der Waals surface area contributed by atoms with Gasteiger partial charge < -0.3 is 15.7 Å². The molecular formula is C13H24N2O3. The molecule has 1 unspecified atom stereocenters. The number of aliphatic carboxylic acids is 1. The van der Waals surface area contributed by atoms with Gasteiger partial charge in [-0.05, 0) is 31.1 Å². The summed E-state index contributed by atoms with van der Waals surface area (Å²) in [5.74, 6) is -0.874. The molecule has 1 rings (SSSR count). The summed E-state index contributed by atoms with van der Waals surface area (Å²) < 4.78 is 0. The van der Waals surface area contributed by atoms with Gasteiger partial charge >= 0.3 is 12.0 Å². The predicted molar refractivity (Wildman–Crippen MR) is 69.4 cm³/mol. The highest BCUT2D eigenvalue weighted by molar-refractivity contribution is 5.75. The minimum absolute atomic E-state index is 0.0137. The smallest absolute Gasteiger partial charge is 0.315 e. The topological polar surface area (TPSA) is 78.4 Å². The van der Waals surface area contributed by atoms with Gasteiger partial charge in [0.05, 0.1) is 6.42 Å². The Hall–Kier alpha value is -1.26. The van der Waals surface area contributed by atoms with Crippen LogP contribution in [0.4, 0.5) is 4.79 Å². The van der Waals surface area contributed by atoms with Crippen molar-refractivity contribution < 1.29 is 14.7 Å². The van der Waals surface area contributed by atoms with Gasteiger partial charge in [-0.2, -0.15) is 0 Å². The zero-order valence-corrected chi connectivity index (χ0v) is 11.3. The summed E-state index contributed by atoms with van der Waals surface area (Å²) in [7, 11) is 0. The molecule has 1 fully saturated rings. The van der Waals surface area contributed by atoms with Crippen LogP contribution < -0.4 is 10.6 Å². The number of carbonyl (C=O) groups excluding carboxylic acids is 1. The van der Waals surface area contributed by atoms with Gasteiger partial charge in [0.1, 0.15) is 0 Å². The lowest BCUT2D eigenvalue weighted by atomic mass is 10.0. The molecule has 1 atom stereocenters. The fourth-order valence-corrected chi connectivity index (χ4v) is 2.12. The highest BCUT2D eigenvalue weighted by Crippen LogP contribution is 2.47. The van der Waals surface area contributed by atoms with Crippen LogP contribution in [-0.2, 0) is 4.79 Å². The Kier molecular flexibility index (Phi) is 5.44. The molecule has 5 nitrogen and oxygen atoms in total. The number of urea groups is 1. The minimum Gasteiger partial charge on any atom is -0.481 e. The highest BCUT2D eigenvalue weighted by atomic mass is 16.4. The second-order valence-corrected chi connectivity index (χ2v) is 5.26. The van der Waals surface area contributed by atoms with Crippen LogP contribution >= 0.6 is 0 Å². The molecule has 104 valence electrons. The number of rotatable bonds is 8. The van der Waals surface area contributed by atoms with E-state index >= 15 is 0 Å². The number of carbonyl (C=O) groups is 2. The fourth-order valence-electron chi connectivity index (χ4n) is 2.12. The van der Waals surface area contributed by atoms with Crippen LogP contribution in [0.1, 0.15) is 52.4 Å². The fraction of sp³-hybridized carbons (Fsp3) is 0.846. The zero-order valence-electron chi connectivity index (χ0n) is 11.3. The van der Waals surface area contributed by atoms with Gasteiger partial charge in [-0.3, -0.25) is 4.79 Å². The van der Waals surface area contributed by atoms with Crippen molar-refractivity contribution in [3.8, 4) is 0 Å². The number of carboxylic acid groups (broad SMARTS) is 1. The second-order valence-electron chi connectivity index (χ2n) is 5.26. The third-order valence-corrected chi connectivity index (χ3v) is 3.72. The van der Waals surface area contributed by atoms with Crippen molar-refractivity contribution in [1.29, 1.82) is 0 Å². The van der Waals surface area contributed by atoms with Crippen LogP contribution in [0.25, 0.3) is 0 Å². The van der Waals surface area contributed by atoms with Gasteiger partial charge in [-0.25, -0.2) is 4.79 Å². The second kappa shape index (κ2) is 6.61. The Balaban J connectivity index is 2.29. The van der Waals surface area contributed by atoms with E-state index in [1.807, 2.05) is 6.92 Å². The molecule has 1 saturated carbocycles. The molecule has 0 aliphatic heterocycles. The lowest BCUT2D eigenvalue weighted by molar-refractivity contribution is -0.137. The Morgan fingerprint density at radius 3 is 2.44 bits per heavy atom. The van der Waals surface area contributed by atoms with E-state index in [0.29, 0.717) is 18.4 Å². The molecule has 1 aliphatic carbocycles. The molecule has 0 spiro atoms. The van der Waals surface area contributed by atoms with E-state index in [0.717, 1.165) is 12.8 Å². The summed E-state index contributed by atoms with van der Waals surface area (Å²) in [5, 5.41) is 14.4. The minimum atomic E-state index is -0.874. The van der Waals surface area contributed by atoms with E-state index < -0.39 is 5.97 Å². The standard InChI is InChI=1S/C13H24N2O3/c1-3-5-10(8-11(16)17)15-12(18)14-9-13(4-2)6-7-13/h10H,3-9H2,1-2H3,(H,16,17)(H2,14,15,18). The van der Waals surface area contributed by atoms with E-state index in [1.165, 1.54) is 12.8 Å². The molecule has 0 aromatic carbocycles. The van der Waals surface area contributed by atoms with Crippen molar-refractivity contribution in [1.82, 2.24) is 10.6 Å². The van der Waals surface area contributed by atoms with Crippen molar-refractivity contribution in [2.24, 2.45) is 5.41 Å². The summed E-state index contributed by atoms with van der Waals surface area (Å²) in [6, 6.07) is -0.515. The number of amides is 2. The predicted octanol–water partition coefficient (Wildman–Crippen LogP) is 2.12. The first-order valence-corrected chi connectivity index (χ1v) is 6.77. The first kappa shape index (κ1) is 14.8. The van der Waals surface area contributed by atoms with E-state index in [-0.39, 0.29) is 18.5 Å². The molecule has 0 bridgehead atoms. The third-order valence-electron chi connectivity index (χ3n) is 3.72. The lowest BCUT2D eigenvalue weighted by Crippen LogP contribution is -2.44. The largest absolute Gasteiger partial charge is 0.481 e. The van der Waals surface area contributed by atoms with Crippen molar-refractivity contribution >= 4 is 12.0 Å². The maximum Gasteiger partial charge on any atom is 0.315 e. The van der Waals surface area contributed by atoms with Crippen LogP contribution in [0.2, 0.25) is 0 Å². The molecular weight excluding hydrogens is 232 g/mol. The summed E-state index contributed by atoms with van der Waals surface area (Å²) in [6.45, 7) is 4.81. The summed E-state index contributed by atoms with van der Waals surface area (Å²) in [6.07, 6.45) is 4.98. The van der Waals surface area contributed by atoms with Crippen LogP contribution in [0.5, 0.6) is 0 Å². The Labute approximate surface area is 108 Å². The molecule has 1 aliphatic rings. The number of nitrogens with one attached hydrogen (secondary N) is 2. The molecule has 5 heteroatoms. The zero-order chi connectivity index (χ0) is 13.6. The maximum absolute atomic E-state index is 11.7. The van der Waals surface area contributed by atoms with Gasteiger partial charge in [-0.15, -0.1) is 0 Å². The number of carboxylic acids is 1. The van der Waals surface area contributed by atoms with E-state index in [2.05, 4.69) is 17.6 Å². The van der Waals surface area contributed by atoms with Crippen LogP contribution in [0, 0.1) is 5.41 Å². The van der Waals surface area contributed by atoms with Crippen molar-refractivity contribution in [2.75, 3.05) is 6.54 Å². The highest BCUT2D eigenvalue weighted by Gasteiger charge is 2.40. The Morgan fingerprint density at radius 1 is 1.33 bits per heavy atom. The van der Waals surface area contributed by atoms with E-state index in [1.54, 1.807) is 0 Å². The quantitative estimate of drug-likeness (QED) is 0.622. The van der Waals surface area contributed by atoms with Crippen molar-refractivity contribution in [2.45, 2.75) is 58.4 Å². The van der Waals surface area contributed by atoms with Gasteiger partial charge in [0.25, 0.3) is 0 Å².